The Labute approximate surface area is 203 Å². The summed E-state index contributed by atoms with van der Waals surface area (Å²) < 4.78 is 1.10. The molecular formula is C24H28IN3O2S. The van der Waals surface area contributed by atoms with Crippen LogP contribution in [0.2, 0.25) is 0 Å². The minimum absolute atomic E-state index is 0.0727. The van der Waals surface area contributed by atoms with Gasteiger partial charge >= 0.3 is 0 Å². The van der Waals surface area contributed by atoms with Crippen molar-refractivity contribution in [1.82, 2.24) is 4.90 Å². The van der Waals surface area contributed by atoms with E-state index >= 15 is 0 Å². The van der Waals surface area contributed by atoms with Crippen molar-refractivity contribution >= 4 is 63.1 Å². The SMILES string of the molecule is CCCCCCCN1C(=S)N(c2ccccc2)C(=O)C1CC(=O)Nc1ccc(I)cc1. The van der Waals surface area contributed by atoms with Gasteiger partial charge in [0.25, 0.3) is 5.91 Å². The number of para-hydroxylation sites is 1. The lowest BCUT2D eigenvalue weighted by Crippen LogP contribution is -2.38. The summed E-state index contributed by atoms with van der Waals surface area (Å²) in [7, 11) is 0. The largest absolute Gasteiger partial charge is 0.336 e. The Balaban J connectivity index is 1.72. The molecular weight excluding hydrogens is 521 g/mol. The Kier molecular flexibility index (Phi) is 8.83. The van der Waals surface area contributed by atoms with Gasteiger partial charge in [-0.2, -0.15) is 0 Å². The van der Waals surface area contributed by atoms with E-state index in [0.29, 0.717) is 11.7 Å². The van der Waals surface area contributed by atoms with Crippen molar-refractivity contribution in [2.45, 2.75) is 51.5 Å². The minimum Gasteiger partial charge on any atom is -0.336 e. The van der Waals surface area contributed by atoms with Gasteiger partial charge in [0.15, 0.2) is 5.11 Å². The van der Waals surface area contributed by atoms with Gasteiger partial charge in [-0.25, -0.2) is 0 Å². The smallest absolute Gasteiger partial charge is 0.256 e. The summed E-state index contributed by atoms with van der Waals surface area (Å²) in [4.78, 5) is 29.6. The maximum absolute atomic E-state index is 13.3. The fraction of sp³-hybridized carbons (Fsp3) is 0.375. The zero-order chi connectivity index (χ0) is 22.2. The standard InChI is InChI=1S/C24H28IN3O2S/c1-2-3-4-5-9-16-27-21(17-22(29)26-19-14-12-18(25)13-15-19)23(30)28(24(27)31)20-10-7-6-8-11-20/h6-8,10-15,21H,2-5,9,16-17H2,1H3,(H,26,29). The molecule has 1 heterocycles. The summed E-state index contributed by atoms with van der Waals surface area (Å²) in [6.45, 7) is 2.87. The Hall–Kier alpha value is -2.00. The topological polar surface area (TPSA) is 52.7 Å². The van der Waals surface area contributed by atoms with E-state index in [-0.39, 0.29) is 18.2 Å². The average molecular weight is 549 g/mol. The second-order valence-corrected chi connectivity index (χ2v) is 9.29. The molecule has 1 atom stereocenters. The number of nitrogens with zero attached hydrogens (tertiary/aromatic N) is 2. The lowest BCUT2D eigenvalue weighted by atomic mass is 10.1. The molecule has 7 heteroatoms. The van der Waals surface area contributed by atoms with Gasteiger partial charge in [-0.1, -0.05) is 50.8 Å². The van der Waals surface area contributed by atoms with E-state index in [2.05, 4.69) is 34.8 Å². The zero-order valence-corrected chi connectivity index (χ0v) is 20.7. The van der Waals surface area contributed by atoms with E-state index < -0.39 is 6.04 Å². The summed E-state index contributed by atoms with van der Waals surface area (Å²) >= 11 is 7.92. The summed E-state index contributed by atoms with van der Waals surface area (Å²) in [5, 5.41) is 3.39. The van der Waals surface area contributed by atoms with Gasteiger partial charge in [-0.05, 0) is 77.6 Å². The number of unbranched alkanes of at least 4 members (excludes halogenated alkanes) is 4. The lowest BCUT2D eigenvalue weighted by Gasteiger charge is -2.24. The predicted octanol–water partition coefficient (Wildman–Crippen LogP) is 5.59. The highest BCUT2D eigenvalue weighted by Gasteiger charge is 2.43. The van der Waals surface area contributed by atoms with Crippen LogP contribution >= 0.6 is 34.8 Å². The van der Waals surface area contributed by atoms with Crippen LogP contribution in [0.15, 0.2) is 54.6 Å². The molecule has 0 saturated carbocycles. The predicted molar refractivity (Wildman–Crippen MR) is 138 cm³/mol. The van der Waals surface area contributed by atoms with Crippen molar-refractivity contribution in [3.8, 4) is 0 Å². The second-order valence-electron chi connectivity index (χ2n) is 7.67. The van der Waals surface area contributed by atoms with Crippen molar-refractivity contribution in [2.24, 2.45) is 0 Å². The third-order valence-corrected chi connectivity index (χ3v) is 6.48. The third-order valence-electron chi connectivity index (χ3n) is 5.34. The molecule has 3 rings (SSSR count). The Morgan fingerprint density at radius 3 is 2.39 bits per heavy atom. The van der Waals surface area contributed by atoms with Gasteiger partial charge in [0.05, 0.1) is 12.1 Å². The van der Waals surface area contributed by atoms with Crippen LogP contribution in [0.25, 0.3) is 0 Å². The summed E-state index contributed by atoms with van der Waals surface area (Å²) in [6, 6.07) is 16.4. The molecule has 5 nitrogen and oxygen atoms in total. The number of rotatable bonds is 10. The zero-order valence-electron chi connectivity index (χ0n) is 17.7. The van der Waals surface area contributed by atoms with E-state index in [1.807, 2.05) is 59.5 Å². The number of hydrogen-bond donors (Lipinski definition) is 1. The van der Waals surface area contributed by atoms with E-state index in [9.17, 15) is 9.59 Å². The molecule has 0 aliphatic carbocycles. The Bertz CT molecular complexity index is 905. The molecule has 0 spiro atoms. The van der Waals surface area contributed by atoms with Gasteiger partial charge in [0.2, 0.25) is 5.91 Å². The molecule has 2 aromatic carbocycles. The van der Waals surface area contributed by atoms with Crippen LogP contribution in [0.5, 0.6) is 0 Å². The first-order valence-corrected chi connectivity index (χ1v) is 12.2. The van der Waals surface area contributed by atoms with E-state index in [1.165, 1.54) is 19.3 Å². The van der Waals surface area contributed by atoms with E-state index in [4.69, 9.17) is 12.2 Å². The van der Waals surface area contributed by atoms with Crippen molar-refractivity contribution in [3.63, 3.8) is 0 Å². The van der Waals surface area contributed by atoms with Crippen molar-refractivity contribution < 1.29 is 9.59 Å². The minimum atomic E-state index is -0.581. The highest BCUT2D eigenvalue weighted by molar-refractivity contribution is 14.1. The lowest BCUT2D eigenvalue weighted by molar-refractivity contribution is -0.124. The first-order valence-electron chi connectivity index (χ1n) is 10.8. The second kappa shape index (κ2) is 11.6. The number of carbonyl (C=O) groups excluding carboxylic acids is 2. The van der Waals surface area contributed by atoms with Gasteiger partial charge in [0.1, 0.15) is 6.04 Å². The number of benzene rings is 2. The monoisotopic (exact) mass is 549 g/mol. The molecule has 2 aromatic rings. The van der Waals surface area contributed by atoms with Crippen molar-refractivity contribution in [3.05, 3.63) is 58.2 Å². The maximum atomic E-state index is 13.3. The van der Waals surface area contributed by atoms with Gasteiger partial charge in [-0.3, -0.25) is 14.5 Å². The van der Waals surface area contributed by atoms with Gasteiger partial charge in [-0.15, -0.1) is 0 Å². The molecule has 1 N–H and O–H groups in total. The number of thiocarbonyl (C=S) groups is 1. The molecule has 0 aromatic heterocycles. The number of amides is 2. The van der Waals surface area contributed by atoms with Crippen LogP contribution in [0, 0.1) is 3.57 Å². The fourth-order valence-corrected chi connectivity index (χ4v) is 4.48. The molecule has 0 radical (unpaired) electrons. The first kappa shape index (κ1) is 23.7. The third kappa shape index (κ3) is 6.26. The number of anilines is 2. The first-order chi connectivity index (χ1) is 15.0. The molecule has 0 bridgehead atoms. The molecule has 31 heavy (non-hydrogen) atoms. The number of nitrogens with one attached hydrogen (secondary N) is 1. The molecule has 164 valence electrons. The normalized spacial score (nSPS) is 16.1. The van der Waals surface area contributed by atoms with Crippen molar-refractivity contribution in [1.29, 1.82) is 0 Å². The van der Waals surface area contributed by atoms with Crippen LogP contribution < -0.4 is 10.2 Å². The van der Waals surface area contributed by atoms with Crippen LogP contribution in [-0.4, -0.2) is 34.4 Å². The molecule has 1 saturated heterocycles. The van der Waals surface area contributed by atoms with Gasteiger partial charge < -0.3 is 10.2 Å². The van der Waals surface area contributed by atoms with Crippen molar-refractivity contribution in [2.75, 3.05) is 16.8 Å². The molecule has 1 aliphatic rings. The van der Waals surface area contributed by atoms with Gasteiger partial charge in [0, 0.05) is 15.8 Å². The summed E-state index contributed by atoms with van der Waals surface area (Å²) in [5.41, 5.74) is 1.47. The quantitative estimate of drug-likeness (QED) is 0.239. The van der Waals surface area contributed by atoms with E-state index in [1.54, 1.807) is 4.90 Å². The number of carbonyl (C=O) groups is 2. The summed E-state index contributed by atoms with van der Waals surface area (Å²) in [6.07, 6.45) is 5.68. The number of halogens is 1. The number of hydrogen-bond acceptors (Lipinski definition) is 3. The van der Waals surface area contributed by atoms with E-state index in [0.717, 1.165) is 27.8 Å². The fourth-order valence-electron chi connectivity index (χ4n) is 3.71. The Morgan fingerprint density at radius 1 is 1.03 bits per heavy atom. The average Bonchev–Trinajstić information content (AvgIpc) is 2.99. The molecule has 1 fully saturated rings. The highest BCUT2D eigenvalue weighted by atomic mass is 127. The Morgan fingerprint density at radius 2 is 1.71 bits per heavy atom. The maximum Gasteiger partial charge on any atom is 0.256 e. The molecule has 1 unspecified atom stereocenters. The molecule has 1 aliphatic heterocycles. The molecule has 2 amide bonds. The van der Waals surface area contributed by atoms with Crippen LogP contribution in [-0.2, 0) is 9.59 Å². The van der Waals surface area contributed by atoms with Crippen LogP contribution in [0.3, 0.4) is 0 Å². The summed E-state index contributed by atoms with van der Waals surface area (Å²) in [5.74, 6) is -0.323. The highest BCUT2D eigenvalue weighted by Crippen LogP contribution is 2.28. The van der Waals surface area contributed by atoms with Crippen LogP contribution in [0.4, 0.5) is 11.4 Å². The van der Waals surface area contributed by atoms with Crippen LogP contribution in [0.1, 0.15) is 45.4 Å².